The average Bonchev–Trinajstić information content (AvgIpc) is 2.39. The van der Waals surface area contributed by atoms with Gasteiger partial charge in [0.2, 0.25) is 0 Å². The lowest BCUT2D eigenvalue weighted by molar-refractivity contribution is -0.314. The van der Waals surface area contributed by atoms with Crippen LogP contribution in [-0.2, 0) is 19.1 Å². The van der Waals surface area contributed by atoms with Crippen molar-refractivity contribution in [2.24, 2.45) is 5.41 Å². The highest BCUT2D eigenvalue weighted by molar-refractivity contribution is 5.79. The monoisotopic (exact) mass is 366 g/mol. The minimum Gasteiger partial charge on any atom is -0.451 e. The first-order valence-electron chi connectivity index (χ1n) is 7.13. The molecular formula is C14H20F6O4. The van der Waals surface area contributed by atoms with Gasteiger partial charge in [0.05, 0.1) is 0 Å². The van der Waals surface area contributed by atoms with E-state index in [9.17, 15) is 35.9 Å². The molecule has 0 amide bonds. The predicted octanol–water partition coefficient (Wildman–Crippen LogP) is 4.17. The molecule has 0 rings (SSSR count). The molecule has 1 atom stereocenters. The fraction of sp³-hybridized carbons (Fsp3) is 0.857. The van der Waals surface area contributed by atoms with Crippen molar-refractivity contribution < 1.29 is 45.4 Å². The van der Waals surface area contributed by atoms with Gasteiger partial charge in [-0.05, 0) is 18.8 Å². The van der Waals surface area contributed by atoms with Gasteiger partial charge in [0.1, 0.15) is 0 Å². The molecule has 0 aliphatic carbocycles. The van der Waals surface area contributed by atoms with E-state index in [0.717, 1.165) is 13.3 Å². The van der Waals surface area contributed by atoms with Crippen LogP contribution in [0.1, 0.15) is 47.0 Å². The second kappa shape index (κ2) is 8.06. The molecule has 0 aromatic rings. The second-order valence-electron chi connectivity index (χ2n) is 6.05. The van der Waals surface area contributed by atoms with Crippen molar-refractivity contribution >= 4 is 11.9 Å². The smallest absolute Gasteiger partial charge is 0.434 e. The van der Waals surface area contributed by atoms with Gasteiger partial charge in [-0.15, -0.1) is 0 Å². The molecule has 0 fully saturated rings. The van der Waals surface area contributed by atoms with Crippen LogP contribution < -0.4 is 0 Å². The zero-order chi connectivity index (χ0) is 19.3. The highest BCUT2D eigenvalue weighted by Crippen LogP contribution is 2.36. The second-order valence-corrected chi connectivity index (χ2v) is 6.05. The molecule has 0 aliphatic rings. The first kappa shape index (κ1) is 22.5. The van der Waals surface area contributed by atoms with Crippen molar-refractivity contribution in [1.82, 2.24) is 0 Å². The maximum atomic E-state index is 12.3. The Morgan fingerprint density at radius 1 is 0.958 bits per heavy atom. The Hall–Kier alpha value is -1.48. The lowest BCUT2D eigenvalue weighted by atomic mass is 9.85. The Morgan fingerprint density at radius 3 is 1.79 bits per heavy atom. The summed E-state index contributed by atoms with van der Waals surface area (Å²) in [5.41, 5.74) is -0.194. The molecule has 10 heteroatoms. The van der Waals surface area contributed by atoms with Gasteiger partial charge in [0.15, 0.2) is 6.10 Å². The van der Waals surface area contributed by atoms with Crippen LogP contribution in [0.3, 0.4) is 0 Å². The van der Waals surface area contributed by atoms with Crippen LogP contribution >= 0.6 is 0 Å². The molecule has 0 spiro atoms. The van der Waals surface area contributed by atoms with Crippen molar-refractivity contribution in [2.75, 3.05) is 0 Å². The summed E-state index contributed by atoms with van der Waals surface area (Å²) >= 11 is 0. The van der Waals surface area contributed by atoms with Crippen LogP contribution in [0.4, 0.5) is 26.3 Å². The fourth-order valence-corrected chi connectivity index (χ4v) is 1.45. The number of carbonyl (C=O) groups is 2. The lowest BCUT2D eigenvalue weighted by Crippen LogP contribution is -2.47. The number of halogens is 6. The summed E-state index contributed by atoms with van der Waals surface area (Å²) in [5.74, 6) is -2.82. The van der Waals surface area contributed by atoms with Crippen molar-refractivity contribution in [1.29, 1.82) is 0 Å². The lowest BCUT2D eigenvalue weighted by Gasteiger charge is -2.24. The van der Waals surface area contributed by atoms with Crippen molar-refractivity contribution in [3.8, 4) is 0 Å². The molecule has 0 radical (unpaired) electrons. The summed E-state index contributed by atoms with van der Waals surface area (Å²) in [6, 6.07) is 0. The summed E-state index contributed by atoms with van der Waals surface area (Å²) in [6.45, 7) is 6.47. The molecule has 0 saturated carbocycles. The largest absolute Gasteiger partial charge is 0.451 e. The number of alkyl halides is 6. The third kappa shape index (κ3) is 7.87. The molecule has 0 aromatic carbocycles. The maximum Gasteiger partial charge on any atom is 0.434 e. The van der Waals surface area contributed by atoms with Crippen LogP contribution in [0.2, 0.25) is 0 Å². The zero-order valence-electron chi connectivity index (χ0n) is 13.7. The van der Waals surface area contributed by atoms with E-state index in [1.54, 1.807) is 0 Å². The van der Waals surface area contributed by atoms with Gasteiger partial charge in [0.25, 0.3) is 6.10 Å². The SMILES string of the molecule is CCC(C)(C)CCC(=O)OC(C)C(=O)OC(C(F)(F)F)C(F)(F)F. The summed E-state index contributed by atoms with van der Waals surface area (Å²) in [6.07, 6.45) is -16.8. The van der Waals surface area contributed by atoms with Gasteiger partial charge >= 0.3 is 24.3 Å². The average molecular weight is 366 g/mol. The molecule has 0 aliphatic heterocycles. The van der Waals surface area contributed by atoms with Crippen LogP contribution in [0, 0.1) is 5.41 Å². The third-order valence-corrected chi connectivity index (χ3v) is 3.43. The van der Waals surface area contributed by atoms with Crippen LogP contribution in [-0.4, -0.2) is 36.5 Å². The molecular weight excluding hydrogens is 346 g/mol. The Labute approximate surface area is 135 Å². The molecule has 0 N–H and O–H groups in total. The zero-order valence-corrected chi connectivity index (χ0v) is 13.7. The summed E-state index contributed by atoms with van der Waals surface area (Å²) in [4.78, 5) is 22.9. The number of ether oxygens (including phenoxy) is 2. The van der Waals surface area contributed by atoms with Gasteiger partial charge in [-0.3, -0.25) is 4.79 Å². The molecule has 0 aromatic heterocycles. The van der Waals surface area contributed by atoms with Gasteiger partial charge in [-0.1, -0.05) is 27.2 Å². The first-order valence-corrected chi connectivity index (χ1v) is 7.13. The van der Waals surface area contributed by atoms with Gasteiger partial charge in [-0.2, -0.15) is 26.3 Å². The van der Waals surface area contributed by atoms with Gasteiger partial charge in [-0.25, -0.2) is 4.79 Å². The first-order chi connectivity index (χ1) is 10.6. The van der Waals surface area contributed by atoms with Gasteiger partial charge in [0, 0.05) is 6.42 Å². The van der Waals surface area contributed by atoms with E-state index in [1.165, 1.54) is 0 Å². The Morgan fingerprint density at radius 2 is 1.42 bits per heavy atom. The maximum absolute atomic E-state index is 12.3. The van der Waals surface area contributed by atoms with E-state index in [1.807, 2.05) is 20.8 Å². The van der Waals surface area contributed by atoms with Crippen LogP contribution in [0.15, 0.2) is 0 Å². The summed E-state index contributed by atoms with van der Waals surface area (Å²) in [7, 11) is 0. The van der Waals surface area contributed by atoms with Crippen LogP contribution in [0.5, 0.6) is 0 Å². The summed E-state index contributed by atoms with van der Waals surface area (Å²) < 4.78 is 81.7. The third-order valence-electron chi connectivity index (χ3n) is 3.43. The molecule has 0 heterocycles. The topological polar surface area (TPSA) is 52.6 Å². The van der Waals surface area contributed by atoms with E-state index in [0.29, 0.717) is 6.42 Å². The number of carbonyl (C=O) groups excluding carboxylic acids is 2. The number of rotatable bonds is 7. The van der Waals surface area contributed by atoms with E-state index in [-0.39, 0.29) is 11.8 Å². The standard InChI is InChI=1S/C14H20F6O4/c1-5-12(3,4)7-6-9(21)23-8(2)10(22)24-11(13(15,16)17)14(18,19)20/h8,11H,5-7H2,1-4H3. The Balaban J connectivity index is 4.69. The Bertz CT molecular complexity index is 428. The van der Waals surface area contributed by atoms with Crippen molar-refractivity contribution in [3.63, 3.8) is 0 Å². The molecule has 0 saturated heterocycles. The Kier molecular flexibility index (Phi) is 7.57. The van der Waals surface area contributed by atoms with Crippen molar-refractivity contribution in [3.05, 3.63) is 0 Å². The van der Waals surface area contributed by atoms with Gasteiger partial charge < -0.3 is 9.47 Å². The predicted molar refractivity (Wildman–Crippen MR) is 70.9 cm³/mol. The number of esters is 2. The number of hydrogen-bond donors (Lipinski definition) is 0. The van der Waals surface area contributed by atoms with Crippen molar-refractivity contribution in [2.45, 2.75) is 71.5 Å². The minimum atomic E-state index is -5.82. The van der Waals surface area contributed by atoms with E-state index < -0.39 is 36.5 Å². The molecule has 0 bridgehead atoms. The highest BCUT2D eigenvalue weighted by Gasteiger charge is 2.60. The van der Waals surface area contributed by atoms with E-state index in [2.05, 4.69) is 9.47 Å². The summed E-state index contributed by atoms with van der Waals surface area (Å²) in [5, 5.41) is 0. The molecule has 142 valence electrons. The van der Waals surface area contributed by atoms with E-state index >= 15 is 0 Å². The minimum absolute atomic E-state index is 0.125. The van der Waals surface area contributed by atoms with E-state index in [4.69, 9.17) is 0 Å². The normalized spacial score (nSPS) is 14.5. The highest BCUT2D eigenvalue weighted by atomic mass is 19.4. The quantitative estimate of drug-likeness (QED) is 0.501. The molecule has 1 unspecified atom stereocenters. The number of hydrogen-bond acceptors (Lipinski definition) is 4. The molecule has 24 heavy (non-hydrogen) atoms. The fourth-order valence-electron chi connectivity index (χ4n) is 1.45. The molecule has 4 nitrogen and oxygen atoms in total. The van der Waals surface area contributed by atoms with Crippen LogP contribution in [0.25, 0.3) is 0 Å².